The Morgan fingerprint density at radius 3 is 2.36 bits per heavy atom. The van der Waals surface area contributed by atoms with Gasteiger partial charge in [0.1, 0.15) is 5.69 Å². The van der Waals surface area contributed by atoms with E-state index in [-0.39, 0.29) is 5.56 Å². The Bertz CT molecular complexity index is 328. The van der Waals surface area contributed by atoms with Crippen LogP contribution in [0, 0.1) is 0 Å². The van der Waals surface area contributed by atoms with E-state index in [0.717, 1.165) is 4.57 Å². The zero-order valence-corrected chi connectivity index (χ0v) is 8.02. The fourth-order valence-electron chi connectivity index (χ4n) is 1.59. The lowest BCUT2D eigenvalue weighted by Gasteiger charge is -2.10. The second kappa shape index (κ2) is 3.65. The molecule has 0 amide bonds. The highest BCUT2D eigenvalue weighted by atomic mass is 19.4. The third-order valence-corrected chi connectivity index (χ3v) is 2.18. The molecule has 5 heteroatoms. The zero-order chi connectivity index (χ0) is 10.9. The van der Waals surface area contributed by atoms with E-state index >= 15 is 0 Å². The summed E-state index contributed by atoms with van der Waals surface area (Å²) in [7, 11) is 1.33. The molecule has 0 spiro atoms. The Labute approximate surface area is 80.0 Å². The number of nitrogens with zero attached hydrogens (tertiary/aromatic N) is 1. The van der Waals surface area contributed by atoms with Gasteiger partial charge in [-0.05, 0) is 12.0 Å². The summed E-state index contributed by atoms with van der Waals surface area (Å²) in [4.78, 5) is 0. The normalized spacial score (nSPS) is 12.1. The SMILES string of the molecule is CCc1cn(C)c(C(F)(F)F)c1CO. The lowest BCUT2D eigenvalue weighted by molar-refractivity contribution is -0.144. The molecule has 1 aromatic heterocycles. The van der Waals surface area contributed by atoms with E-state index in [0.29, 0.717) is 12.0 Å². The fourth-order valence-corrected chi connectivity index (χ4v) is 1.59. The maximum atomic E-state index is 12.5. The van der Waals surface area contributed by atoms with Crippen LogP contribution in [0.3, 0.4) is 0 Å². The molecule has 0 fully saturated rings. The third kappa shape index (κ3) is 1.77. The van der Waals surface area contributed by atoms with Gasteiger partial charge in [0.15, 0.2) is 0 Å². The highest BCUT2D eigenvalue weighted by Crippen LogP contribution is 2.34. The maximum absolute atomic E-state index is 12.5. The van der Waals surface area contributed by atoms with Crippen LogP contribution in [0.15, 0.2) is 6.20 Å². The fraction of sp³-hybridized carbons (Fsp3) is 0.556. The molecule has 1 heterocycles. The summed E-state index contributed by atoms with van der Waals surface area (Å²) in [6, 6.07) is 0. The van der Waals surface area contributed by atoms with Crippen LogP contribution in [0.25, 0.3) is 0 Å². The maximum Gasteiger partial charge on any atom is 0.431 e. The smallest absolute Gasteiger partial charge is 0.392 e. The number of aryl methyl sites for hydroxylation is 2. The highest BCUT2D eigenvalue weighted by Gasteiger charge is 2.37. The average molecular weight is 207 g/mol. The van der Waals surface area contributed by atoms with E-state index < -0.39 is 18.5 Å². The Balaban J connectivity index is 3.34. The Morgan fingerprint density at radius 2 is 2.00 bits per heavy atom. The molecule has 1 aromatic rings. The van der Waals surface area contributed by atoms with Crippen LogP contribution >= 0.6 is 0 Å². The van der Waals surface area contributed by atoms with E-state index in [1.54, 1.807) is 6.92 Å². The number of aliphatic hydroxyl groups excluding tert-OH is 1. The second-order valence-corrected chi connectivity index (χ2v) is 3.10. The van der Waals surface area contributed by atoms with E-state index in [4.69, 9.17) is 5.11 Å². The number of rotatable bonds is 2. The largest absolute Gasteiger partial charge is 0.431 e. The van der Waals surface area contributed by atoms with Gasteiger partial charge in [0.25, 0.3) is 0 Å². The second-order valence-electron chi connectivity index (χ2n) is 3.10. The summed E-state index contributed by atoms with van der Waals surface area (Å²) >= 11 is 0. The Kier molecular flexibility index (Phi) is 2.89. The van der Waals surface area contributed by atoms with Gasteiger partial charge in [-0.15, -0.1) is 0 Å². The molecule has 1 rings (SSSR count). The predicted octanol–water partition coefficient (Wildman–Crippen LogP) is 2.10. The molecule has 0 bridgehead atoms. The van der Waals surface area contributed by atoms with E-state index in [1.807, 2.05) is 0 Å². The van der Waals surface area contributed by atoms with Crippen LogP contribution < -0.4 is 0 Å². The number of alkyl halides is 3. The quantitative estimate of drug-likeness (QED) is 0.789. The molecule has 0 aliphatic heterocycles. The third-order valence-electron chi connectivity index (χ3n) is 2.18. The number of hydrogen-bond donors (Lipinski definition) is 1. The molecule has 14 heavy (non-hydrogen) atoms. The van der Waals surface area contributed by atoms with Gasteiger partial charge in [0.2, 0.25) is 0 Å². The lowest BCUT2D eigenvalue weighted by Crippen LogP contribution is -2.13. The Hall–Kier alpha value is -0.970. The first-order chi connectivity index (χ1) is 6.41. The monoisotopic (exact) mass is 207 g/mol. The van der Waals surface area contributed by atoms with E-state index in [9.17, 15) is 13.2 Å². The van der Waals surface area contributed by atoms with Gasteiger partial charge in [0.05, 0.1) is 6.61 Å². The average Bonchev–Trinajstić information content (AvgIpc) is 2.40. The van der Waals surface area contributed by atoms with E-state index in [2.05, 4.69) is 0 Å². The molecule has 0 aliphatic carbocycles. The van der Waals surface area contributed by atoms with Gasteiger partial charge in [-0.3, -0.25) is 0 Å². The molecule has 0 aliphatic rings. The number of hydrogen-bond acceptors (Lipinski definition) is 1. The molecule has 0 radical (unpaired) electrons. The highest BCUT2D eigenvalue weighted by molar-refractivity contribution is 5.33. The molecule has 0 aromatic carbocycles. The van der Waals surface area contributed by atoms with Crippen molar-refractivity contribution in [3.63, 3.8) is 0 Å². The molecule has 0 atom stereocenters. The van der Waals surface area contributed by atoms with Crippen molar-refractivity contribution >= 4 is 0 Å². The minimum atomic E-state index is -4.40. The molecule has 1 N–H and O–H groups in total. The van der Waals surface area contributed by atoms with Gasteiger partial charge in [-0.1, -0.05) is 6.92 Å². The van der Waals surface area contributed by atoms with Crippen LogP contribution in [0.5, 0.6) is 0 Å². The Morgan fingerprint density at radius 1 is 1.43 bits per heavy atom. The number of halogens is 3. The summed E-state index contributed by atoms with van der Waals surface area (Å²) in [6.07, 6.45) is -2.51. The minimum absolute atomic E-state index is 0.0116. The molecule has 2 nitrogen and oxygen atoms in total. The summed E-state index contributed by atoms with van der Waals surface area (Å²) < 4.78 is 38.6. The van der Waals surface area contributed by atoms with Gasteiger partial charge in [-0.2, -0.15) is 13.2 Å². The van der Waals surface area contributed by atoms with Crippen molar-refractivity contribution in [3.05, 3.63) is 23.0 Å². The summed E-state index contributed by atoms with van der Waals surface area (Å²) in [6.45, 7) is 1.19. The van der Waals surface area contributed by atoms with Gasteiger partial charge in [-0.25, -0.2) is 0 Å². The van der Waals surface area contributed by atoms with Crippen LogP contribution in [0.2, 0.25) is 0 Å². The first-order valence-corrected chi connectivity index (χ1v) is 4.27. The summed E-state index contributed by atoms with van der Waals surface area (Å²) in [5.41, 5.74) is -0.221. The molecule has 0 unspecified atom stereocenters. The van der Waals surface area contributed by atoms with Crippen molar-refractivity contribution in [3.8, 4) is 0 Å². The van der Waals surface area contributed by atoms with Crippen molar-refractivity contribution in [1.29, 1.82) is 0 Å². The van der Waals surface area contributed by atoms with Gasteiger partial charge < -0.3 is 9.67 Å². The number of aliphatic hydroxyl groups is 1. The lowest BCUT2D eigenvalue weighted by atomic mass is 10.1. The number of aromatic nitrogens is 1. The topological polar surface area (TPSA) is 25.2 Å². The molecular formula is C9H12F3NO. The van der Waals surface area contributed by atoms with Crippen molar-refractivity contribution in [2.24, 2.45) is 7.05 Å². The van der Waals surface area contributed by atoms with Crippen LogP contribution in [-0.2, 0) is 26.3 Å². The van der Waals surface area contributed by atoms with Crippen molar-refractivity contribution in [1.82, 2.24) is 4.57 Å². The standard InChI is InChI=1S/C9H12F3NO/c1-3-6-4-13(2)8(7(6)5-14)9(10,11)12/h4,14H,3,5H2,1-2H3. The van der Waals surface area contributed by atoms with Crippen molar-refractivity contribution in [2.75, 3.05) is 0 Å². The molecule has 80 valence electrons. The molecule has 0 saturated carbocycles. The van der Waals surface area contributed by atoms with Gasteiger partial charge >= 0.3 is 6.18 Å². The van der Waals surface area contributed by atoms with E-state index in [1.165, 1.54) is 13.2 Å². The van der Waals surface area contributed by atoms with Crippen LogP contribution in [-0.4, -0.2) is 9.67 Å². The zero-order valence-electron chi connectivity index (χ0n) is 8.02. The van der Waals surface area contributed by atoms with Crippen molar-refractivity contribution in [2.45, 2.75) is 26.1 Å². The van der Waals surface area contributed by atoms with Gasteiger partial charge in [0, 0.05) is 18.8 Å². The first-order valence-electron chi connectivity index (χ1n) is 4.27. The first kappa shape index (κ1) is 11.1. The van der Waals surface area contributed by atoms with Crippen molar-refractivity contribution < 1.29 is 18.3 Å². The summed E-state index contributed by atoms with van der Waals surface area (Å²) in [5, 5.41) is 8.89. The predicted molar refractivity (Wildman–Crippen MR) is 45.7 cm³/mol. The van der Waals surface area contributed by atoms with Crippen LogP contribution in [0.4, 0.5) is 13.2 Å². The molecular weight excluding hydrogens is 195 g/mol. The van der Waals surface area contributed by atoms with Crippen LogP contribution in [0.1, 0.15) is 23.7 Å². The molecule has 0 saturated heterocycles. The minimum Gasteiger partial charge on any atom is -0.392 e. The summed E-state index contributed by atoms with van der Waals surface area (Å²) in [5.74, 6) is 0.